The maximum atomic E-state index is 12.7. The molecule has 1 saturated carbocycles. The summed E-state index contributed by atoms with van der Waals surface area (Å²) in [6.07, 6.45) is 11.1. The van der Waals surface area contributed by atoms with Crippen molar-refractivity contribution in [1.82, 2.24) is 4.90 Å². The van der Waals surface area contributed by atoms with Crippen molar-refractivity contribution >= 4 is 5.91 Å². The van der Waals surface area contributed by atoms with Gasteiger partial charge in [-0.2, -0.15) is 0 Å². The summed E-state index contributed by atoms with van der Waals surface area (Å²) in [5.74, 6) is 0.731. The van der Waals surface area contributed by atoms with Crippen LogP contribution in [0.2, 0.25) is 0 Å². The molecule has 0 radical (unpaired) electrons. The zero-order valence-corrected chi connectivity index (χ0v) is 14.5. The number of ether oxygens (including phenoxy) is 2. The number of rotatable bonds is 5. The molecule has 1 amide bonds. The lowest BCUT2D eigenvalue weighted by molar-refractivity contribution is -0.161. The van der Waals surface area contributed by atoms with Crippen molar-refractivity contribution in [3.63, 3.8) is 0 Å². The van der Waals surface area contributed by atoms with E-state index in [0.29, 0.717) is 24.9 Å². The van der Waals surface area contributed by atoms with Gasteiger partial charge in [-0.15, -0.1) is 0 Å². The molecule has 0 unspecified atom stereocenters. The summed E-state index contributed by atoms with van der Waals surface area (Å²) in [6.45, 7) is 5.74. The van der Waals surface area contributed by atoms with Crippen LogP contribution in [0.5, 0.6) is 0 Å². The third-order valence-electron chi connectivity index (χ3n) is 5.74. The van der Waals surface area contributed by atoms with Crippen LogP contribution in [0.1, 0.15) is 58.3 Å². The molecule has 4 heteroatoms. The minimum Gasteiger partial charge on any atom is -0.381 e. The Morgan fingerprint density at radius 1 is 1.43 bits per heavy atom. The minimum absolute atomic E-state index is 0.149. The lowest BCUT2D eigenvalue weighted by Crippen LogP contribution is -2.56. The summed E-state index contributed by atoms with van der Waals surface area (Å²) < 4.78 is 11.9. The van der Waals surface area contributed by atoms with E-state index in [1.807, 2.05) is 6.92 Å². The Hall–Kier alpha value is -0.870. The average molecular weight is 321 g/mol. The number of morpholine rings is 1. The van der Waals surface area contributed by atoms with Crippen LogP contribution in [0.4, 0.5) is 0 Å². The maximum absolute atomic E-state index is 12.7. The van der Waals surface area contributed by atoms with E-state index < -0.39 is 0 Å². The Morgan fingerprint density at radius 3 is 3.13 bits per heavy atom. The first kappa shape index (κ1) is 17.0. The van der Waals surface area contributed by atoms with Gasteiger partial charge in [0.15, 0.2) is 0 Å². The number of carbonyl (C=O) groups is 1. The first-order valence-corrected chi connectivity index (χ1v) is 9.41. The predicted molar refractivity (Wildman–Crippen MR) is 90.3 cm³/mol. The Bertz CT molecular complexity index is 448. The highest BCUT2D eigenvalue weighted by molar-refractivity contribution is 5.79. The van der Waals surface area contributed by atoms with Gasteiger partial charge >= 0.3 is 0 Å². The number of hydrogen-bond donors (Lipinski definition) is 0. The van der Waals surface area contributed by atoms with E-state index in [4.69, 9.17) is 9.47 Å². The summed E-state index contributed by atoms with van der Waals surface area (Å²) in [6, 6.07) is 0. The van der Waals surface area contributed by atoms with Crippen molar-refractivity contribution in [1.29, 1.82) is 0 Å². The Labute approximate surface area is 140 Å². The number of hydrogen-bond acceptors (Lipinski definition) is 3. The molecule has 1 heterocycles. The first-order valence-electron chi connectivity index (χ1n) is 9.41. The van der Waals surface area contributed by atoms with E-state index in [0.717, 1.165) is 52.0 Å². The zero-order chi connectivity index (χ0) is 16.1. The molecule has 0 aromatic rings. The van der Waals surface area contributed by atoms with Crippen LogP contribution in [0, 0.1) is 5.92 Å². The van der Waals surface area contributed by atoms with Crippen molar-refractivity contribution in [2.24, 2.45) is 5.92 Å². The van der Waals surface area contributed by atoms with Gasteiger partial charge in [0.1, 0.15) is 0 Å². The van der Waals surface area contributed by atoms with Gasteiger partial charge in [-0.3, -0.25) is 4.79 Å². The third-order valence-corrected chi connectivity index (χ3v) is 5.74. The fourth-order valence-electron chi connectivity index (χ4n) is 4.40. The SMILES string of the molecule is CCOC[C@@H]1CCC[C@@]12CN(C(=O)CC1=CCCCC1)CCO2. The van der Waals surface area contributed by atoms with E-state index in [9.17, 15) is 4.79 Å². The second-order valence-corrected chi connectivity index (χ2v) is 7.26. The fourth-order valence-corrected chi connectivity index (χ4v) is 4.40. The molecule has 2 fully saturated rings. The van der Waals surface area contributed by atoms with Crippen LogP contribution in [0.15, 0.2) is 11.6 Å². The quantitative estimate of drug-likeness (QED) is 0.729. The van der Waals surface area contributed by atoms with Crippen molar-refractivity contribution in [2.75, 3.05) is 32.9 Å². The molecule has 0 bridgehead atoms. The van der Waals surface area contributed by atoms with Gasteiger partial charge in [0.05, 0.1) is 25.4 Å². The topological polar surface area (TPSA) is 38.8 Å². The molecule has 3 aliphatic rings. The van der Waals surface area contributed by atoms with Crippen molar-refractivity contribution in [2.45, 2.75) is 63.9 Å². The number of allylic oxidation sites excluding steroid dienone is 1. The van der Waals surface area contributed by atoms with E-state index in [2.05, 4.69) is 11.0 Å². The van der Waals surface area contributed by atoms with Gasteiger partial charge < -0.3 is 14.4 Å². The van der Waals surface area contributed by atoms with Crippen LogP contribution >= 0.6 is 0 Å². The number of carbonyl (C=O) groups excluding carboxylic acids is 1. The number of nitrogens with zero attached hydrogens (tertiary/aromatic N) is 1. The van der Waals surface area contributed by atoms with Gasteiger partial charge in [0, 0.05) is 25.5 Å². The van der Waals surface area contributed by atoms with Gasteiger partial charge in [-0.25, -0.2) is 0 Å². The van der Waals surface area contributed by atoms with E-state index in [1.165, 1.54) is 24.8 Å². The first-order chi connectivity index (χ1) is 11.2. The normalized spacial score (nSPS) is 31.4. The molecule has 3 rings (SSSR count). The van der Waals surface area contributed by atoms with E-state index in [-0.39, 0.29) is 5.60 Å². The van der Waals surface area contributed by atoms with Gasteiger partial charge in [-0.05, 0) is 45.4 Å². The molecule has 4 nitrogen and oxygen atoms in total. The summed E-state index contributed by atoms with van der Waals surface area (Å²) >= 11 is 0. The molecule has 1 spiro atoms. The minimum atomic E-state index is -0.149. The van der Waals surface area contributed by atoms with Crippen LogP contribution in [0.3, 0.4) is 0 Å². The molecule has 1 aliphatic heterocycles. The van der Waals surface area contributed by atoms with Crippen LogP contribution in [-0.2, 0) is 14.3 Å². The highest BCUT2D eigenvalue weighted by Gasteiger charge is 2.47. The smallest absolute Gasteiger partial charge is 0.226 e. The highest BCUT2D eigenvalue weighted by atomic mass is 16.5. The van der Waals surface area contributed by atoms with Gasteiger partial charge in [0.2, 0.25) is 5.91 Å². The number of amides is 1. The molecule has 0 aromatic heterocycles. The van der Waals surface area contributed by atoms with Gasteiger partial charge in [-0.1, -0.05) is 18.1 Å². The molecular formula is C19H31NO3. The Balaban J connectivity index is 1.60. The molecule has 0 N–H and O–H groups in total. The molecule has 0 aromatic carbocycles. The van der Waals surface area contributed by atoms with Crippen LogP contribution < -0.4 is 0 Å². The standard InChI is InChI=1S/C19H31NO3/c1-2-22-14-17-9-6-10-19(17)15-20(11-12-23-19)18(21)13-16-7-4-3-5-8-16/h7,17H,2-6,8-15H2,1H3/t17-,19+/m0/s1. The predicted octanol–water partition coefficient (Wildman–Crippen LogP) is 3.31. The second-order valence-electron chi connectivity index (χ2n) is 7.26. The largest absolute Gasteiger partial charge is 0.381 e. The average Bonchev–Trinajstić information content (AvgIpc) is 2.95. The van der Waals surface area contributed by atoms with Crippen LogP contribution in [-0.4, -0.2) is 49.3 Å². The second kappa shape index (κ2) is 7.80. The molecule has 1 saturated heterocycles. The summed E-state index contributed by atoms with van der Waals surface area (Å²) in [7, 11) is 0. The maximum Gasteiger partial charge on any atom is 0.226 e. The van der Waals surface area contributed by atoms with Crippen molar-refractivity contribution in [3.8, 4) is 0 Å². The van der Waals surface area contributed by atoms with Gasteiger partial charge in [0.25, 0.3) is 0 Å². The monoisotopic (exact) mass is 321 g/mol. The van der Waals surface area contributed by atoms with E-state index in [1.54, 1.807) is 0 Å². The molecular weight excluding hydrogens is 290 g/mol. The van der Waals surface area contributed by atoms with Crippen molar-refractivity contribution < 1.29 is 14.3 Å². The molecule has 2 atom stereocenters. The zero-order valence-electron chi connectivity index (χ0n) is 14.5. The van der Waals surface area contributed by atoms with E-state index >= 15 is 0 Å². The summed E-state index contributed by atoms with van der Waals surface area (Å²) in [4.78, 5) is 14.8. The molecule has 2 aliphatic carbocycles. The Kier molecular flexibility index (Phi) is 5.76. The van der Waals surface area contributed by atoms with Crippen LogP contribution in [0.25, 0.3) is 0 Å². The summed E-state index contributed by atoms with van der Waals surface area (Å²) in [5, 5.41) is 0. The summed E-state index contributed by atoms with van der Waals surface area (Å²) in [5.41, 5.74) is 1.20. The third kappa shape index (κ3) is 3.97. The lowest BCUT2D eigenvalue weighted by Gasteiger charge is -2.44. The Morgan fingerprint density at radius 2 is 2.35 bits per heavy atom. The lowest BCUT2D eigenvalue weighted by atomic mass is 9.89. The highest BCUT2D eigenvalue weighted by Crippen LogP contribution is 2.41. The van der Waals surface area contributed by atoms with Crippen molar-refractivity contribution in [3.05, 3.63) is 11.6 Å². The molecule has 130 valence electrons. The fraction of sp³-hybridized carbons (Fsp3) is 0.842. The molecule has 23 heavy (non-hydrogen) atoms.